The second kappa shape index (κ2) is 10.3. The van der Waals surface area contributed by atoms with Crippen molar-refractivity contribution in [1.29, 1.82) is 0 Å². The van der Waals surface area contributed by atoms with Crippen molar-refractivity contribution in [2.45, 2.75) is 43.9 Å². The third-order valence-electron chi connectivity index (χ3n) is 6.29. The molecule has 2 fully saturated rings. The second-order valence-corrected chi connectivity index (χ2v) is 8.75. The molecule has 2 aromatic rings. The smallest absolute Gasteiger partial charge is 0.324 e. The zero-order valence-electron chi connectivity index (χ0n) is 18.8. The van der Waals surface area contributed by atoms with Gasteiger partial charge >= 0.3 is 6.03 Å². The molecule has 1 aliphatic heterocycles. The van der Waals surface area contributed by atoms with Crippen molar-refractivity contribution in [1.82, 2.24) is 15.1 Å². The van der Waals surface area contributed by atoms with Crippen LogP contribution in [-0.2, 0) is 4.79 Å². The van der Waals surface area contributed by atoms with Gasteiger partial charge in [-0.1, -0.05) is 6.07 Å². The maximum Gasteiger partial charge on any atom is 0.324 e. The van der Waals surface area contributed by atoms with E-state index in [2.05, 4.69) is 10.6 Å². The van der Waals surface area contributed by atoms with Gasteiger partial charge in [0.25, 0.3) is 11.8 Å². The molecule has 4 amide bonds. The minimum absolute atomic E-state index is 0.00228. The summed E-state index contributed by atoms with van der Waals surface area (Å²) in [6.07, 6.45) is 1.44. The molecular formula is C24H26F3N5O3. The minimum Gasteiger partial charge on any atom is -0.350 e. The Morgan fingerprint density at radius 2 is 1.57 bits per heavy atom. The number of hydrogen-bond donors (Lipinski definition) is 3. The van der Waals surface area contributed by atoms with Gasteiger partial charge in [-0.05, 0) is 56.0 Å². The van der Waals surface area contributed by atoms with E-state index in [1.807, 2.05) is 0 Å². The zero-order valence-corrected chi connectivity index (χ0v) is 18.8. The summed E-state index contributed by atoms with van der Waals surface area (Å²) in [6.45, 7) is -0.0222. The number of carbonyl (C=O) groups excluding carboxylic acids is 3. The molecule has 8 nitrogen and oxygen atoms in total. The maximum absolute atomic E-state index is 14.1. The summed E-state index contributed by atoms with van der Waals surface area (Å²) < 4.78 is 41.1. The topological polar surface area (TPSA) is 108 Å². The molecule has 0 spiro atoms. The van der Waals surface area contributed by atoms with Crippen LogP contribution in [0.1, 0.15) is 36.0 Å². The Labute approximate surface area is 200 Å². The molecule has 1 atom stereocenters. The zero-order chi connectivity index (χ0) is 25.1. The Hall–Kier alpha value is -3.60. The number of urea groups is 1. The first-order valence-electron chi connectivity index (χ1n) is 11.4. The van der Waals surface area contributed by atoms with Crippen molar-refractivity contribution >= 4 is 23.5 Å². The molecule has 4 N–H and O–H groups in total. The predicted octanol–water partition coefficient (Wildman–Crippen LogP) is 2.81. The van der Waals surface area contributed by atoms with Crippen LogP contribution in [0.5, 0.6) is 0 Å². The molecule has 1 heterocycles. The monoisotopic (exact) mass is 489 g/mol. The Morgan fingerprint density at radius 1 is 0.886 bits per heavy atom. The highest BCUT2D eigenvalue weighted by molar-refractivity contribution is 6.00. The van der Waals surface area contributed by atoms with E-state index in [-0.39, 0.29) is 36.4 Å². The van der Waals surface area contributed by atoms with Crippen molar-refractivity contribution in [2.75, 3.05) is 18.4 Å². The van der Waals surface area contributed by atoms with Gasteiger partial charge in [0.15, 0.2) is 6.17 Å². The average Bonchev–Trinajstić information content (AvgIpc) is 3.27. The van der Waals surface area contributed by atoms with Gasteiger partial charge in [0.1, 0.15) is 17.5 Å². The molecule has 0 radical (unpaired) electrons. The molecule has 1 saturated carbocycles. The summed E-state index contributed by atoms with van der Waals surface area (Å²) in [7, 11) is 0. The summed E-state index contributed by atoms with van der Waals surface area (Å²) in [5.74, 6) is -3.61. The lowest BCUT2D eigenvalue weighted by Crippen LogP contribution is -2.56. The quantitative estimate of drug-likeness (QED) is 0.614. The summed E-state index contributed by atoms with van der Waals surface area (Å²) >= 11 is 0. The Morgan fingerprint density at radius 3 is 2.26 bits per heavy atom. The first-order chi connectivity index (χ1) is 16.7. The highest BCUT2D eigenvalue weighted by Crippen LogP contribution is 2.23. The van der Waals surface area contributed by atoms with E-state index in [4.69, 9.17) is 5.73 Å². The molecule has 4 rings (SSSR count). The van der Waals surface area contributed by atoms with E-state index in [0.29, 0.717) is 18.9 Å². The normalized spacial score (nSPS) is 22.1. The number of benzene rings is 2. The van der Waals surface area contributed by atoms with E-state index >= 15 is 0 Å². The van der Waals surface area contributed by atoms with E-state index in [0.717, 1.165) is 35.9 Å². The van der Waals surface area contributed by atoms with Crippen molar-refractivity contribution < 1.29 is 27.6 Å². The molecule has 35 heavy (non-hydrogen) atoms. The fourth-order valence-corrected chi connectivity index (χ4v) is 4.44. The lowest BCUT2D eigenvalue weighted by atomic mass is 9.92. The van der Waals surface area contributed by atoms with Gasteiger partial charge in [-0.3, -0.25) is 14.5 Å². The van der Waals surface area contributed by atoms with Crippen LogP contribution >= 0.6 is 0 Å². The molecule has 1 unspecified atom stereocenters. The molecular weight excluding hydrogens is 463 g/mol. The van der Waals surface area contributed by atoms with Crippen LogP contribution in [-0.4, -0.2) is 59.0 Å². The Balaban J connectivity index is 1.57. The first-order valence-corrected chi connectivity index (χ1v) is 11.4. The van der Waals surface area contributed by atoms with E-state index in [1.54, 1.807) is 0 Å². The predicted molar refractivity (Wildman–Crippen MR) is 122 cm³/mol. The van der Waals surface area contributed by atoms with Crippen LogP contribution in [0.15, 0.2) is 42.5 Å². The van der Waals surface area contributed by atoms with Gasteiger partial charge in [-0.25, -0.2) is 18.0 Å². The minimum atomic E-state index is -1.34. The van der Waals surface area contributed by atoms with Gasteiger partial charge in [-0.15, -0.1) is 0 Å². The fourth-order valence-electron chi connectivity index (χ4n) is 4.44. The Bertz CT molecular complexity index is 1120. The number of hydrogen-bond acceptors (Lipinski definition) is 4. The lowest BCUT2D eigenvalue weighted by molar-refractivity contribution is -0.128. The summed E-state index contributed by atoms with van der Waals surface area (Å²) in [5, 5.41) is 5.22. The van der Waals surface area contributed by atoms with Crippen molar-refractivity contribution in [3.05, 3.63) is 65.5 Å². The molecule has 2 aliphatic rings. The standard InChI is InChI=1S/C24H26F3N5O3/c25-15-3-1-2-14(12-15)23(34)31-10-11-32(24(35)30-20-9-4-16(26)13-19(20)27)22(31)21(33)29-18-7-5-17(28)6-8-18/h1-4,9,12-13,17-18,22H,5-8,10-11,28H2,(H,29,33)(H,30,35). The highest BCUT2D eigenvalue weighted by Gasteiger charge is 2.43. The first kappa shape index (κ1) is 24.5. The SMILES string of the molecule is NC1CCC(NC(=O)C2N(C(=O)Nc3ccc(F)cc3F)CCN2C(=O)c2cccc(F)c2)CC1. The summed E-state index contributed by atoms with van der Waals surface area (Å²) in [5.41, 5.74) is 5.69. The molecule has 0 bridgehead atoms. The van der Waals surface area contributed by atoms with Crippen molar-refractivity contribution in [3.8, 4) is 0 Å². The van der Waals surface area contributed by atoms with Crippen LogP contribution in [0.2, 0.25) is 0 Å². The molecule has 11 heteroatoms. The number of halogens is 3. The average molecular weight is 489 g/mol. The molecule has 186 valence electrons. The van der Waals surface area contributed by atoms with E-state index in [9.17, 15) is 27.6 Å². The number of nitrogens with one attached hydrogen (secondary N) is 2. The number of carbonyl (C=O) groups is 3. The molecule has 1 aliphatic carbocycles. The summed E-state index contributed by atoms with van der Waals surface area (Å²) in [4.78, 5) is 41.8. The van der Waals surface area contributed by atoms with Crippen molar-refractivity contribution in [3.63, 3.8) is 0 Å². The molecule has 1 saturated heterocycles. The molecule has 2 aromatic carbocycles. The van der Waals surface area contributed by atoms with Crippen LogP contribution < -0.4 is 16.4 Å². The van der Waals surface area contributed by atoms with Crippen LogP contribution in [0.4, 0.5) is 23.7 Å². The van der Waals surface area contributed by atoms with Gasteiger partial charge in [0.05, 0.1) is 5.69 Å². The van der Waals surface area contributed by atoms with Gasteiger partial charge in [-0.2, -0.15) is 0 Å². The number of anilines is 1. The maximum atomic E-state index is 14.1. The fraction of sp³-hybridized carbons (Fsp3) is 0.375. The lowest BCUT2D eigenvalue weighted by Gasteiger charge is -2.32. The summed E-state index contributed by atoms with van der Waals surface area (Å²) in [6, 6.07) is 6.76. The third-order valence-corrected chi connectivity index (χ3v) is 6.29. The van der Waals surface area contributed by atoms with Crippen LogP contribution in [0, 0.1) is 17.5 Å². The van der Waals surface area contributed by atoms with Gasteiger partial charge in [0.2, 0.25) is 0 Å². The molecule has 0 aromatic heterocycles. The van der Waals surface area contributed by atoms with Crippen LogP contribution in [0.25, 0.3) is 0 Å². The van der Waals surface area contributed by atoms with Crippen molar-refractivity contribution in [2.24, 2.45) is 5.73 Å². The van der Waals surface area contributed by atoms with Gasteiger partial charge in [0, 0.05) is 36.8 Å². The largest absolute Gasteiger partial charge is 0.350 e. The second-order valence-electron chi connectivity index (χ2n) is 8.75. The highest BCUT2D eigenvalue weighted by atomic mass is 19.1. The van der Waals surface area contributed by atoms with Crippen LogP contribution in [0.3, 0.4) is 0 Å². The number of rotatable bonds is 4. The van der Waals surface area contributed by atoms with E-state index < -0.39 is 41.5 Å². The Kier molecular flexibility index (Phi) is 7.25. The van der Waals surface area contributed by atoms with E-state index in [1.165, 1.54) is 23.1 Å². The number of nitrogens with zero attached hydrogens (tertiary/aromatic N) is 2. The third kappa shape index (κ3) is 5.56. The number of nitrogens with two attached hydrogens (primary N) is 1. The number of amides is 4. The van der Waals surface area contributed by atoms with Gasteiger partial charge < -0.3 is 21.3 Å².